The number of carbonyl (C=O) groups excluding carboxylic acids is 1. The first-order chi connectivity index (χ1) is 13.2. The topological polar surface area (TPSA) is 47.6 Å². The fourth-order valence-electron chi connectivity index (χ4n) is 4.54. The second-order valence-electron chi connectivity index (χ2n) is 9.71. The zero-order valence-electron chi connectivity index (χ0n) is 17.4. The number of hydrogen-bond acceptors (Lipinski definition) is 3. The minimum absolute atomic E-state index is 0.320. The van der Waals surface area contributed by atoms with Crippen molar-refractivity contribution in [2.75, 3.05) is 6.61 Å². The maximum Gasteiger partial charge on any atom is 0.408 e. The first kappa shape index (κ1) is 19.1. The number of amides is 1. The van der Waals surface area contributed by atoms with Gasteiger partial charge in [0.15, 0.2) is 0 Å². The summed E-state index contributed by atoms with van der Waals surface area (Å²) in [5.74, 6) is 1.74. The molecule has 0 unspecified atom stereocenters. The van der Waals surface area contributed by atoms with Gasteiger partial charge in [0.25, 0.3) is 0 Å². The molecule has 28 heavy (non-hydrogen) atoms. The molecule has 0 bridgehead atoms. The van der Waals surface area contributed by atoms with Crippen molar-refractivity contribution in [3.05, 3.63) is 42.0 Å². The summed E-state index contributed by atoms with van der Waals surface area (Å²) < 4.78 is 11.4. The molecule has 1 atom stereocenters. The van der Waals surface area contributed by atoms with Crippen LogP contribution in [0.5, 0.6) is 5.75 Å². The van der Waals surface area contributed by atoms with E-state index in [0.29, 0.717) is 18.1 Å². The van der Waals surface area contributed by atoms with Crippen molar-refractivity contribution in [1.82, 2.24) is 5.32 Å². The molecule has 2 aromatic rings. The molecule has 1 N–H and O–H groups in total. The largest absolute Gasteiger partial charge is 0.490 e. The molecule has 0 radical (unpaired) electrons. The van der Waals surface area contributed by atoms with Crippen LogP contribution >= 0.6 is 0 Å². The van der Waals surface area contributed by atoms with E-state index in [0.717, 1.165) is 40.8 Å². The molecule has 4 rings (SSSR count). The highest BCUT2D eigenvalue weighted by Gasteiger charge is 2.36. The van der Waals surface area contributed by atoms with Gasteiger partial charge in [0.05, 0.1) is 11.6 Å². The number of fused-ring (bicyclic) bond motifs is 1. The molecule has 150 valence electrons. The highest BCUT2D eigenvalue weighted by molar-refractivity contribution is 5.85. The molecule has 4 nitrogen and oxygen atoms in total. The fraction of sp³-hybridized carbons (Fsp3) is 0.542. The van der Waals surface area contributed by atoms with Crippen molar-refractivity contribution in [3.8, 4) is 5.75 Å². The Labute approximate surface area is 167 Å². The molecule has 2 fully saturated rings. The Morgan fingerprint density at radius 1 is 1.04 bits per heavy atom. The van der Waals surface area contributed by atoms with Crippen molar-refractivity contribution in [1.29, 1.82) is 0 Å². The highest BCUT2D eigenvalue weighted by Crippen LogP contribution is 2.39. The zero-order chi connectivity index (χ0) is 19.9. The molecule has 2 aromatic carbocycles. The molecule has 1 saturated heterocycles. The lowest BCUT2D eigenvalue weighted by Gasteiger charge is -2.37. The first-order valence-electron chi connectivity index (χ1n) is 10.4. The fourth-order valence-corrected chi connectivity index (χ4v) is 4.54. The van der Waals surface area contributed by atoms with E-state index >= 15 is 0 Å². The average molecular weight is 382 g/mol. The van der Waals surface area contributed by atoms with Gasteiger partial charge in [0, 0.05) is 0 Å². The second-order valence-corrected chi connectivity index (χ2v) is 9.71. The van der Waals surface area contributed by atoms with Crippen molar-refractivity contribution in [2.45, 2.75) is 65.0 Å². The van der Waals surface area contributed by atoms with E-state index in [1.165, 1.54) is 12.8 Å². The van der Waals surface area contributed by atoms with Crippen LogP contribution < -0.4 is 10.1 Å². The third-order valence-electron chi connectivity index (χ3n) is 6.52. The van der Waals surface area contributed by atoms with E-state index in [9.17, 15) is 4.79 Å². The third-order valence-corrected chi connectivity index (χ3v) is 6.52. The molecule has 4 heteroatoms. The maximum atomic E-state index is 11.5. The smallest absolute Gasteiger partial charge is 0.408 e. The average Bonchev–Trinajstić information content (AvgIpc) is 3.01. The van der Waals surface area contributed by atoms with Crippen LogP contribution in [0.15, 0.2) is 36.4 Å². The number of ether oxygens (including phenoxy) is 2. The molecule has 1 saturated carbocycles. The van der Waals surface area contributed by atoms with Gasteiger partial charge in [-0.3, -0.25) is 0 Å². The standard InChI is InChI=1S/C24H31NO3/c1-23(2,3)18-8-11-20(12-9-18)28-21-10-6-16-13-19(7-5-17(16)14-21)24(4)15-27-22(26)25-24/h5-7,10,13-14,18,20H,8-9,11-12,15H2,1-4H3,(H,25,26)/t18-,20-,24-/m0/s1. The number of alkyl carbamates (subject to hydrolysis) is 1. The summed E-state index contributed by atoms with van der Waals surface area (Å²) in [6.07, 6.45) is 4.73. The van der Waals surface area contributed by atoms with Crippen molar-refractivity contribution in [2.24, 2.45) is 11.3 Å². The Kier molecular flexibility index (Phi) is 4.76. The number of nitrogens with one attached hydrogen (secondary N) is 1. The molecular weight excluding hydrogens is 350 g/mol. The third kappa shape index (κ3) is 3.82. The van der Waals surface area contributed by atoms with Crippen molar-refractivity contribution >= 4 is 16.9 Å². The van der Waals surface area contributed by atoms with Crippen LogP contribution in [0, 0.1) is 11.3 Å². The first-order valence-corrected chi connectivity index (χ1v) is 10.4. The van der Waals surface area contributed by atoms with Gasteiger partial charge in [-0.1, -0.05) is 39.0 Å². The molecule has 2 aliphatic rings. The van der Waals surface area contributed by atoms with Gasteiger partial charge in [-0.15, -0.1) is 0 Å². The molecule has 0 aromatic heterocycles. The van der Waals surface area contributed by atoms with Gasteiger partial charge >= 0.3 is 6.09 Å². The number of hydrogen-bond donors (Lipinski definition) is 1. The molecular formula is C24H31NO3. The van der Waals surface area contributed by atoms with Gasteiger partial charge < -0.3 is 14.8 Å². The molecule has 1 amide bonds. The summed E-state index contributed by atoms with van der Waals surface area (Å²) >= 11 is 0. The number of benzene rings is 2. The van der Waals surface area contributed by atoms with Crippen LogP contribution in [0.2, 0.25) is 0 Å². The lowest BCUT2D eigenvalue weighted by molar-refractivity contribution is 0.0883. The van der Waals surface area contributed by atoms with Crippen LogP contribution in [0.25, 0.3) is 10.8 Å². The summed E-state index contributed by atoms with van der Waals surface area (Å²) in [6.45, 7) is 9.39. The van der Waals surface area contributed by atoms with Crippen LogP contribution in [0.4, 0.5) is 4.79 Å². The maximum absolute atomic E-state index is 11.5. The van der Waals surface area contributed by atoms with E-state index in [-0.39, 0.29) is 6.09 Å². The minimum Gasteiger partial charge on any atom is -0.490 e. The quantitative estimate of drug-likeness (QED) is 0.733. The van der Waals surface area contributed by atoms with Crippen molar-refractivity contribution < 1.29 is 14.3 Å². The molecule has 1 aliphatic heterocycles. The molecule has 1 heterocycles. The SMILES string of the molecule is CC(C)(C)[C@H]1CC[C@H](Oc2ccc3cc([C@]4(C)COC(=O)N4)ccc3c2)CC1. The highest BCUT2D eigenvalue weighted by atomic mass is 16.6. The predicted molar refractivity (Wildman–Crippen MR) is 112 cm³/mol. The number of carbonyl (C=O) groups is 1. The Balaban J connectivity index is 1.46. The van der Waals surface area contributed by atoms with Gasteiger partial charge in [-0.05, 0) is 78.5 Å². The predicted octanol–water partition coefficient (Wildman–Crippen LogP) is 5.78. The Morgan fingerprint density at radius 3 is 2.36 bits per heavy atom. The van der Waals surface area contributed by atoms with E-state index in [2.05, 4.69) is 62.5 Å². The lowest BCUT2D eigenvalue weighted by Crippen LogP contribution is -2.37. The van der Waals surface area contributed by atoms with Crippen LogP contribution in [0.1, 0.15) is 58.9 Å². The summed E-state index contributed by atoms with van der Waals surface area (Å²) in [6, 6.07) is 12.6. The van der Waals surface area contributed by atoms with E-state index in [1.54, 1.807) is 0 Å². The van der Waals surface area contributed by atoms with Gasteiger partial charge in [-0.25, -0.2) is 4.79 Å². The summed E-state index contributed by atoms with van der Waals surface area (Å²) in [7, 11) is 0. The van der Waals surface area contributed by atoms with Crippen LogP contribution in [-0.4, -0.2) is 18.8 Å². The van der Waals surface area contributed by atoms with Gasteiger partial charge in [-0.2, -0.15) is 0 Å². The zero-order valence-corrected chi connectivity index (χ0v) is 17.4. The summed E-state index contributed by atoms with van der Waals surface area (Å²) in [5.41, 5.74) is 0.984. The van der Waals surface area contributed by atoms with E-state index in [4.69, 9.17) is 9.47 Å². The Bertz CT molecular complexity index is 877. The minimum atomic E-state index is -0.466. The Hall–Kier alpha value is -2.23. The normalized spacial score (nSPS) is 28.1. The summed E-state index contributed by atoms with van der Waals surface area (Å²) in [5, 5.41) is 5.20. The number of cyclic esters (lactones) is 1. The van der Waals surface area contributed by atoms with Gasteiger partial charge in [0.2, 0.25) is 0 Å². The van der Waals surface area contributed by atoms with Crippen LogP contribution in [-0.2, 0) is 10.3 Å². The monoisotopic (exact) mass is 381 g/mol. The molecule has 0 spiro atoms. The van der Waals surface area contributed by atoms with E-state index in [1.807, 2.05) is 6.92 Å². The summed E-state index contributed by atoms with van der Waals surface area (Å²) in [4.78, 5) is 11.5. The molecule has 1 aliphatic carbocycles. The Morgan fingerprint density at radius 2 is 1.71 bits per heavy atom. The van der Waals surface area contributed by atoms with E-state index < -0.39 is 5.54 Å². The van der Waals surface area contributed by atoms with Gasteiger partial charge in [0.1, 0.15) is 12.4 Å². The lowest BCUT2D eigenvalue weighted by atomic mass is 9.72. The van der Waals surface area contributed by atoms with Crippen LogP contribution in [0.3, 0.4) is 0 Å². The second kappa shape index (κ2) is 6.98. The number of rotatable bonds is 3. The van der Waals surface area contributed by atoms with Crippen molar-refractivity contribution in [3.63, 3.8) is 0 Å².